The quantitative estimate of drug-likeness (QED) is 0.820. The van der Waals surface area contributed by atoms with Gasteiger partial charge in [-0.05, 0) is 50.5 Å². The Hall–Kier alpha value is -2.12. The molecule has 146 valence electrons. The fourth-order valence-corrected chi connectivity index (χ4v) is 4.14. The standard InChI is InChI=1S/C20H26N2O4S/c1-21(2)15-6-5-14(20(24)25)12-22(13-15)19(23)10-8-16-7-9-17(26-16)18-4-3-11-27-18/h3-4,7,9,11,14-15H,5-6,8,10,12-13H2,1-2H3,(H,24,25)/t14-,15+/m0/s1. The molecule has 1 saturated heterocycles. The number of hydrogen-bond acceptors (Lipinski definition) is 5. The highest BCUT2D eigenvalue weighted by atomic mass is 32.1. The second kappa shape index (κ2) is 8.71. The van der Waals surface area contributed by atoms with Gasteiger partial charge in [0.05, 0.1) is 10.8 Å². The number of carboxylic acids is 1. The van der Waals surface area contributed by atoms with Gasteiger partial charge < -0.3 is 19.3 Å². The van der Waals surface area contributed by atoms with E-state index in [0.29, 0.717) is 25.8 Å². The van der Waals surface area contributed by atoms with Crippen molar-refractivity contribution in [3.8, 4) is 10.6 Å². The number of rotatable bonds is 6. The lowest BCUT2D eigenvalue weighted by Crippen LogP contribution is -2.43. The van der Waals surface area contributed by atoms with Crippen LogP contribution < -0.4 is 0 Å². The average Bonchev–Trinajstić information content (AvgIpc) is 3.26. The molecule has 1 amide bonds. The molecule has 0 aromatic carbocycles. The fourth-order valence-electron chi connectivity index (χ4n) is 3.45. The van der Waals surface area contributed by atoms with E-state index in [9.17, 15) is 14.7 Å². The molecular weight excluding hydrogens is 364 g/mol. The SMILES string of the molecule is CN(C)[C@@H]1CC[C@H](C(=O)O)CN(C(=O)CCc2ccc(-c3cccs3)o2)C1. The van der Waals surface area contributed by atoms with Gasteiger partial charge >= 0.3 is 5.97 Å². The van der Waals surface area contributed by atoms with Gasteiger partial charge in [-0.3, -0.25) is 9.59 Å². The smallest absolute Gasteiger partial charge is 0.308 e. The van der Waals surface area contributed by atoms with E-state index in [1.54, 1.807) is 16.2 Å². The van der Waals surface area contributed by atoms with Crippen molar-refractivity contribution in [2.24, 2.45) is 5.92 Å². The van der Waals surface area contributed by atoms with Crippen molar-refractivity contribution in [3.63, 3.8) is 0 Å². The number of hydrogen-bond donors (Lipinski definition) is 1. The zero-order valence-corrected chi connectivity index (χ0v) is 16.6. The summed E-state index contributed by atoms with van der Waals surface area (Å²) in [6, 6.07) is 8.01. The van der Waals surface area contributed by atoms with Crippen molar-refractivity contribution in [2.45, 2.75) is 31.7 Å². The zero-order valence-electron chi connectivity index (χ0n) is 15.8. The van der Waals surface area contributed by atoms with E-state index < -0.39 is 11.9 Å². The molecule has 0 aliphatic carbocycles. The minimum Gasteiger partial charge on any atom is -0.481 e. The molecule has 0 saturated carbocycles. The number of aryl methyl sites for hydroxylation is 1. The van der Waals surface area contributed by atoms with Crippen molar-refractivity contribution in [1.29, 1.82) is 0 Å². The van der Waals surface area contributed by atoms with Crippen molar-refractivity contribution >= 4 is 23.2 Å². The Morgan fingerprint density at radius 2 is 2.07 bits per heavy atom. The molecule has 0 radical (unpaired) electrons. The number of carbonyl (C=O) groups excluding carboxylic acids is 1. The number of nitrogens with zero attached hydrogens (tertiary/aromatic N) is 2. The summed E-state index contributed by atoms with van der Waals surface area (Å²) < 4.78 is 5.85. The third-order valence-electron chi connectivity index (χ3n) is 5.16. The molecule has 0 unspecified atom stereocenters. The summed E-state index contributed by atoms with van der Waals surface area (Å²) in [4.78, 5) is 29.1. The van der Waals surface area contributed by atoms with E-state index in [4.69, 9.17) is 4.42 Å². The molecule has 1 aliphatic heterocycles. The third kappa shape index (κ3) is 4.99. The Morgan fingerprint density at radius 3 is 2.74 bits per heavy atom. The third-order valence-corrected chi connectivity index (χ3v) is 6.05. The lowest BCUT2D eigenvalue weighted by atomic mass is 10.0. The van der Waals surface area contributed by atoms with Crippen LogP contribution >= 0.6 is 11.3 Å². The summed E-state index contributed by atoms with van der Waals surface area (Å²) in [7, 11) is 3.95. The first kappa shape index (κ1) is 19.6. The molecule has 1 fully saturated rings. The van der Waals surface area contributed by atoms with Crippen LogP contribution in [-0.2, 0) is 16.0 Å². The topological polar surface area (TPSA) is 74.0 Å². The van der Waals surface area contributed by atoms with E-state index in [-0.39, 0.29) is 18.5 Å². The molecule has 6 nitrogen and oxygen atoms in total. The summed E-state index contributed by atoms with van der Waals surface area (Å²) in [6.45, 7) is 0.866. The molecule has 2 atom stereocenters. The van der Waals surface area contributed by atoms with Gasteiger partial charge in [0.1, 0.15) is 11.5 Å². The lowest BCUT2D eigenvalue weighted by Gasteiger charge is -2.28. The molecule has 0 bridgehead atoms. The fraction of sp³-hybridized carbons (Fsp3) is 0.500. The molecule has 2 aromatic heterocycles. The van der Waals surface area contributed by atoms with Crippen LogP contribution in [0, 0.1) is 5.92 Å². The van der Waals surface area contributed by atoms with Crippen LogP contribution in [0.3, 0.4) is 0 Å². The molecular formula is C20H26N2O4S. The highest BCUT2D eigenvalue weighted by molar-refractivity contribution is 7.13. The Balaban J connectivity index is 1.62. The molecule has 3 heterocycles. The van der Waals surface area contributed by atoms with Crippen LogP contribution in [0.4, 0.5) is 0 Å². The highest BCUT2D eigenvalue weighted by Crippen LogP contribution is 2.27. The zero-order chi connectivity index (χ0) is 19.4. The van der Waals surface area contributed by atoms with Crippen molar-refractivity contribution < 1.29 is 19.1 Å². The minimum atomic E-state index is -0.821. The second-order valence-corrected chi connectivity index (χ2v) is 8.22. The van der Waals surface area contributed by atoms with Crippen molar-refractivity contribution in [2.75, 3.05) is 27.2 Å². The molecule has 7 heteroatoms. The maximum absolute atomic E-state index is 12.8. The summed E-state index contributed by atoms with van der Waals surface area (Å²) in [5, 5.41) is 11.4. The monoisotopic (exact) mass is 390 g/mol. The number of likely N-dealkylation sites (N-methyl/N-ethyl adjacent to an activating group) is 1. The number of thiophene rings is 1. The molecule has 1 aliphatic rings. The van der Waals surface area contributed by atoms with Gasteiger partial charge in [0, 0.05) is 32.0 Å². The predicted molar refractivity (Wildman–Crippen MR) is 105 cm³/mol. The average molecular weight is 391 g/mol. The summed E-state index contributed by atoms with van der Waals surface area (Å²) in [6.07, 6.45) is 2.23. The molecule has 27 heavy (non-hydrogen) atoms. The number of aliphatic carboxylic acids is 1. The first-order chi connectivity index (χ1) is 12.9. The van der Waals surface area contributed by atoms with Crippen LogP contribution in [0.25, 0.3) is 10.6 Å². The first-order valence-corrected chi connectivity index (χ1v) is 10.1. The summed E-state index contributed by atoms with van der Waals surface area (Å²) in [5.74, 6) is 0.275. The van der Waals surface area contributed by atoms with Gasteiger partial charge in [-0.25, -0.2) is 0 Å². The molecule has 0 spiro atoms. The largest absolute Gasteiger partial charge is 0.481 e. The van der Waals surface area contributed by atoms with E-state index in [1.807, 2.05) is 43.7 Å². The summed E-state index contributed by atoms with van der Waals surface area (Å²) >= 11 is 1.62. The van der Waals surface area contributed by atoms with Crippen molar-refractivity contribution in [1.82, 2.24) is 9.80 Å². The number of amides is 1. The normalized spacial score (nSPS) is 20.6. The van der Waals surface area contributed by atoms with Crippen LogP contribution in [-0.4, -0.2) is 60.0 Å². The lowest BCUT2D eigenvalue weighted by molar-refractivity contribution is -0.143. The van der Waals surface area contributed by atoms with Gasteiger partial charge in [-0.1, -0.05) is 6.07 Å². The first-order valence-electron chi connectivity index (χ1n) is 9.23. The van der Waals surface area contributed by atoms with E-state index in [2.05, 4.69) is 4.90 Å². The molecule has 2 aromatic rings. The van der Waals surface area contributed by atoms with E-state index >= 15 is 0 Å². The van der Waals surface area contributed by atoms with Crippen LogP contribution in [0.15, 0.2) is 34.1 Å². The van der Waals surface area contributed by atoms with Crippen molar-refractivity contribution in [3.05, 3.63) is 35.4 Å². The van der Waals surface area contributed by atoms with Gasteiger partial charge in [-0.15, -0.1) is 11.3 Å². The Morgan fingerprint density at radius 1 is 1.26 bits per heavy atom. The Bertz CT molecular complexity index is 769. The predicted octanol–water partition coefficient (Wildman–Crippen LogP) is 3.19. The maximum atomic E-state index is 12.8. The Labute approximate surface area is 163 Å². The Kier molecular flexibility index (Phi) is 6.34. The van der Waals surface area contributed by atoms with Crippen LogP contribution in [0.5, 0.6) is 0 Å². The number of carbonyl (C=O) groups is 2. The van der Waals surface area contributed by atoms with Crippen LogP contribution in [0.2, 0.25) is 0 Å². The highest BCUT2D eigenvalue weighted by Gasteiger charge is 2.31. The van der Waals surface area contributed by atoms with Gasteiger partial charge in [-0.2, -0.15) is 0 Å². The minimum absolute atomic E-state index is 0.0101. The van der Waals surface area contributed by atoms with E-state index in [1.165, 1.54) is 0 Å². The van der Waals surface area contributed by atoms with Gasteiger partial charge in [0.2, 0.25) is 5.91 Å². The molecule has 3 rings (SSSR count). The number of likely N-dealkylation sites (tertiary alicyclic amines) is 1. The molecule has 1 N–H and O–H groups in total. The van der Waals surface area contributed by atoms with Crippen LogP contribution in [0.1, 0.15) is 25.0 Å². The van der Waals surface area contributed by atoms with Gasteiger partial charge in [0.15, 0.2) is 0 Å². The van der Waals surface area contributed by atoms with E-state index in [0.717, 1.165) is 22.8 Å². The van der Waals surface area contributed by atoms with Gasteiger partial charge in [0.25, 0.3) is 0 Å². The number of furan rings is 1. The maximum Gasteiger partial charge on any atom is 0.308 e. The number of carboxylic acid groups (broad SMARTS) is 1. The summed E-state index contributed by atoms with van der Waals surface area (Å²) in [5.41, 5.74) is 0. The second-order valence-electron chi connectivity index (χ2n) is 7.27.